The molecule has 0 amide bonds. The van der Waals surface area contributed by atoms with Crippen LogP contribution in [0.2, 0.25) is 8.94 Å². The summed E-state index contributed by atoms with van der Waals surface area (Å²) in [5, 5.41) is 0. The second-order valence-electron chi connectivity index (χ2n) is 4.91. The molecule has 0 fully saturated rings. The number of carbonyl (C=O) groups excluding carboxylic acids is 1. The minimum absolute atomic E-state index is 0.0406. The summed E-state index contributed by atoms with van der Waals surface area (Å²) < 4.78 is 11.8. The van der Waals surface area contributed by atoms with Gasteiger partial charge in [0, 0.05) is 0 Å². The Balaban J connectivity index is 2.12. The first kappa shape index (κ1) is 15.1. The van der Waals surface area contributed by atoms with E-state index in [0.29, 0.717) is 11.1 Å². The Morgan fingerprint density at radius 2 is 1.55 bits per heavy atom. The van der Waals surface area contributed by atoms with E-state index in [1.165, 1.54) is 0 Å². The van der Waals surface area contributed by atoms with Crippen molar-refractivity contribution in [2.24, 2.45) is 0 Å². The molecule has 1 atom stereocenters. The maximum atomic E-state index is 12.2. The van der Waals surface area contributed by atoms with Crippen LogP contribution in [0, 0.1) is 0 Å². The molecule has 20 heavy (non-hydrogen) atoms. The van der Waals surface area contributed by atoms with E-state index in [1.54, 1.807) is 0 Å². The van der Waals surface area contributed by atoms with Crippen LogP contribution in [-0.4, -0.2) is 25.3 Å². The van der Waals surface area contributed by atoms with Gasteiger partial charge in [0.25, 0.3) is 0 Å². The third-order valence-electron chi connectivity index (χ3n) is 3.34. The molecule has 2 rings (SSSR count). The predicted molar refractivity (Wildman–Crippen MR) is 81.7 cm³/mol. The van der Waals surface area contributed by atoms with Crippen LogP contribution in [-0.2, 0) is 9.53 Å². The summed E-state index contributed by atoms with van der Waals surface area (Å²) in [5.41, 5.74) is 2.55. The van der Waals surface area contributed by atoms with Gasteiger partial charge in [0.2, 0.25) is 0 Å². The summed E-state index contributed by atoms with van der Waals surface area (Å²) in [6, 6.07) is 16.9. The molecule has 0 aliphatic carbocycles. The van der Waals surface area contributed by atoms with Gasteiger partial charge in [-0.1, -0.05) is 0 Å². The fraction of sp³-hybridized carbons (Fsp3) is 0.235. The zero-order valence-corrected chi connectivity index (χ0v) is 14.0. The van der Waals surface area contributed by atoms with Crippen LogP contribution < -0.4 is 0 Å². The van der Waals surface area contributed by atoms with Gasteiger partial charge in [0.15, 0.2) is 0 Å². The molecular formula is C17H18O2Te. The van der Waals surface area contributed by atoms with Gasteiger partial charge < -0.3 is 0 Å². The van der Waals surface area contributed by atoms with Crippen molar-refractivity contribution in [2.75, 3.05) is 0 Å². The molecule has 2 aromatic carbocycles. The van der Waals surface area contributed by atoms with Gasteiger partial charge in [-0.15, -0.1) is 0 Å². The number of hydrogen-bond acceptors (Lipinski definition) is 2. The van der Waals surface area contributed by atoms with E-state index < -0.39 is 19.5 Å². The molecule has 0 saturated heterocycles. The zero-order chi connectivity index (χ0) is 14.5. The molecule has 0 aromatic heterocycles. The fourth-order valence-corrected chi connectivity index (χ4v) is 3.22. The Kier molecular flexibility index (Phi) is 5.23. The van der Waals surface area contributed by atoms with E-state index in [4.69, 9.17) is 0 Å². The minimum atomic E-state index is -2.12. The molecule has 3 heteroatoms. The van der Waals surface area contributed by atoms with Gasteiger partial charge >= 0.3 is 127 Å². The summed E-state index contributed by atoms with van der Waals surface area (Å²) in [6.07, 6.45) is 0.830. The Morgan fingerprint density at radius 3 is 2.10 bits per heavy atom. The van der Waals surface area contributed by atoms with E-state index in [1.807, 2.05) is 66.5 Å². The molecule has 0 radical (unpaired) electrons. The van der Waals surface area contributed by atoms with Crippen molar-refractivity contribution in [1.82, 2.24) is 0 Å². The first-order chi connectivity index (χ1) is 9.58. The number of rotatable bonds is 5. The van der Waals surface area contributed by atoms with E-state index in [2.05, 4.69) is 0 Å². The normalized spacial score (nSPS) is 12.3. The summed E-state index contributed by atoms with van der Waals surface area (Å²) in [4.78, 5) is 14.1. The molecule has 0 bridgehead atoms. The Bertz CT molecular complexity index is 603. The fourth-order valence-electron chi connectivity index (χ4n) is 2.00. The van der Waals surface area contributed by atoms with Crippen molar-refractivity contribution in [2.45, 2.75) is 22.3 Å². The Labute approximate surface area is 126 Å². The topological polar surface area (TPSA) is 34.1 Å². The standard InChI is InChI=1S/C17H18O2Te/c1-13(20(2)19)12-14-8-10-16(11-9-14)17(18)15-6-4-3-5-7-15/h3-11,13H,12H2,1-2H3. The Hall–Kier alpha value is -1.30. The van der Waals surface area contributed by atoms with E-state index >= 15 is 0 Å². The second-order valence-corrected chi connectivity index (χ2v) is 10.0. The quantitative estimate of drug-likeness (QED) is 0.581. The average molecular weight is 382 g/mol. The van der Waals surface area contributed by atoms with Gasteiger partial charge in [-0.25, -0.2) is 0 Å². The van der Waals surface area contributed by atoms with Crippen molar-refractivity contribution in [3.05, 3.63) is 71.3 Å². The predicted octanol–water partition coefficient (Wildman–Crippen LogP) is 3.90. The summed E-state index contributed by atoms with van der Waals surface area (Å²) >= 11 is -2.12. The molecule has 0 heterocycles. The summed E-state index contributed by atoms with van der Waals surface area (Å²) in [6.45, 7) is 2.03. The van der Waals surface area contributed by atoms with Crippen LogP contribution in [0.4, 0.5) is 0 Å². The van der Waals surface area contributed by atoms with Crippen LogP contribution >= 0.6 is 0 Å². The molecule has 0 aliphatic rings. The SMILES string of the molecule is CC(Cc1ccc(C(=O)c2ccccc2)cc1)[Te](C)=O. The monoisotopic (exact) mass is 384 g/mol. The van der Waals surface area contributed by atoms with Crippen molar-refractivity contribution in [3.8, 4) is 0 Å². The molecule has 104 valence electrons. The molecule has 2 aromatic rings. The van der Waals surface area contributed by atoms with Gasteiger partial charge in [-0.3, -0.25) is 0 Å². The third kappa shape index (κ3) is 3.85. The molecule has 0 spiro atoms. The van der Waals surface area contributed by atoms with Crippen LogP contribution in [0.15, 0.2) is 54.6 Å². The Morgan fingerprint density at radius 1 is 1.00 bits per heavy atom. The van der Waals surface area contributed by atoms with Crippen LogP contribution in [0.1, 0.15) is 28.4 Å². The van der Waals surface area contributed by atoms with Crippen molar-refractivity contribution < 1.29 is 7.90 Å². The molecule has 1 unspecified atom stereocenters. The van der Waals surface area contributed by atoms with Gasteiger partial charge in [0.05, 0.1) is 0 Å². The van der Waals surface area contributed by atoms with E-state index in [-0.39, 0.29) is 9.75 Å². The molecule has 0 N–H and O–H groups in total. The van der Waals surface area contributed by atoms with Gasteiger partial charge in [-0.05, 0) is 0 Å². The number of carbonyl (C=O) groups is 1. The zero-order valence-electron chi connectivity index (χ0n) is 11.7. The molecular weight excluding hydrogens is 364 g/mol. The van der Waals surface area contributed by atoms with Crippen LogP contribution in [0.3, 0.4) is 0 Å². The van der Waals surface area contributed by atoms with E-state index in [0.717, 1.165) is 12.0 Å². The second kappa shape index (κ2) is 6.92. The first-order valence-electron chi connectivity index (χ1n) is 6.59. The van der Waals surface area contributed by atoms with Crippen LogP contribution in [0.5, 0.6) is 0 Å². The number of hydrogen-bond donors (Lipinski definition) is 0. The number of ketones is 1. The average Bonchev–Trinajstić information content (AvgIpc) is 2.48. The van der Waals surface area contributed by atoms with Gasteiger partial charge in [-0.2, -0.15) is 0 Å². The van der Waals surface area contributed by atoms with Crippen LogP contribution in [0.25, 0.3) is 0 Å². The summed E-state index contributed by atoms with van der Waals surface area (Å²) in [5.74, 6) is 0.0406. The number of benzene rings is 2. The summed E-state index contributed by atoms with van der Waals surface area (Å²) in [7, 11) is 0. The van der Waals surface area contributed by atoms with Crippen molar-refractivity contribution in [1.29, 1.82) is 0 Å². The van der Waals surface area contributed by atoms with E-state index in [9.17, 15) is 7.90 Å². The molecule has 2 nitrogen and oxygen atoms in total. The van der Waals surface area contributed by atoms with Crippen molar-refractivity contribution in [3.63, 3.8) is 0 Å². The third-order valence-corrected chi connectivity index (χ3v) is 7.05. The molecule has 0 aliphatic heterocycles. The van der Waals surface area contributed by atoms with Gasteiger partial charge in [0.1, 0.15) is 0 Å². The molecule has 0 saturated carbocycles. The van der Waals surface area contributed by atoms with Crippen molar-refractivity contribution >= 4 is 25.3 Å². The maximum absolute atomic E-state index is 12.2. The first-order valence-corrected chi connectivity index (χ1v) is 11.2.